The quantitative estimate of drug-likeness (QED) is 0.863. The van der Waals surface area contributed by atoms with Gasteiger partial charge in [-0.15, -0.1) is 0 Å². The van der Waals surface area contributed by atoms with Gasteiger partial charge < -0.3 is 9.88 Å². The molecule has 3 rings (SSSR count). The summed E-state index contributed by atoms with van der Waals surface area (Å²) in [6, 6.07) is 7.03. The van der Waals surface area contributed by atoms with Crippen molar-refractivity contribution in [3.8, 4) is 11.4 Å². The predicted molar refractivity (Wildman–Crippen MR) is 78.9 cm³/mol. The Morgan fingerprint density at radius 1 is 1.29 bits per heavy atom. The van der Waals surface area contributed by atoms with Crippen LogP contribution in [0.25, 0.3) is 16.4 Å². The highest BCUT2D eigenvalue weighted by atomic mass is 35.5. The number of nitrogens with one attached hydrogen (secondary N) is 1. The average molecular weight is 303 g/mol. The van der Waals surface area contributed by atoms with E-state index in [1.54, 1.807) is 29.2 Å². The van der Waals surface area contributed by atoms with Gasteiger partial charge in [0.05, 0.1) is 5.39 Å². The first kappa shape index (κ1) is 13.6. The Balaban J connectivity index is 1.96. The molecule has 1 aliphatic rings. The monoisotopic (exact) mass is 302 g/mol. The minimum absolute atomic E-state index is 0.0110. The van der Waals surface area contributed by atoms with Crippen LogP contribution in [0.2, 0.25) is 5.02 Å². The summed E-state index contributed by atoms with van der Waals surface area (Å²) in [5.74, 6) is 0.298. The van der Waals surface area contributed by atoms with Gasteiger partial charge in [-0.25, -0.2) is 0 Å². The number of likely N-dealkylation sites (tertiary alicyclic amines) is 1. The third-order valence-electron chi connectivity index (χ3n) is 3.50. The summed E-state index contributed by atoms with van der Waals surface area (Å²) in [6.07, 6.45) is 1.99. The zero-order chi connectivity index (χ0) is 14.8. The molecule has 1 aromatic carbocycles. The first-order chi connectivity index (χ1) is 10.2. The fourth-order valence-corrected chi connectivity index (χ4v) is 2.53. The number of aromatic amines is 1. The van der Waals surface area contributed by atoms with Gasteiger partial charge >= 0.3 is 5.82 Å². The van der Waals surface area contributed by atoms with Crippen molar-refractivity contribution < 1.29 is 4.79 Å². The van der Waals surface area contributed by atoms with E-state index < -0.39 is 0 Å². The lowest BCUT2D eigenvalue weighted by atomic mass is 10.2. The standard InChI is InChI=1S/C14H12ClN5O/c15-10-5-3-9(4-6-10)12-17-11(13(18-12)19-16)14(21)20-7-1-2-8-20/h3-6H,1-2,7-8H2/p+1. The Hall–Kier alpha value is -2.39. The zero-order valence-corrected chi connectivity index (χ0v) is 12.0. The van der Waals surface area contributed by atoms with Crippen molar-refractivity contribution in [2.24, 2.45) is 0 Å². The van der Waals surface area contributed by atoms with Gasteiger partial charge in [0.2, 0.25) is 5.69 Å². The second-order valence-electron chi connectivity index (χ2n) is 4.89. The molecule has 7 heteroatoms. The molecular weight excluding hydrogens is 290 g/mol. The summed E-state index contributed by atoms with van der Waals surface area (Å²) in [6.45, 7) is 1.44. The molecule has 1 saturated heterocycles. The molecule has 0 unspecified atom stereocenters. The van der Waals surface area contributed by atoms with E-state index in [0.717, 1.165) is 31.5 Å². The topological polar surface area (TPSA) is 77.1 Å². The maximum Gasteiger partial charge on any atom is 0.496 e. The molecule has 2 heterocycles. The zero-order valence-electron chi connectivity index (χ0n) is 11.2. The van der Waals surface area contributed by atoms with Gasteiger partial charge in [0.25, 0.3) is 11.7 Å². The van der Waals surface area contributed by atoms with Crippen LogP contribution < -0.4 is 0 Å². The lowest BCUT2D eigenvalue weighted by molar-refractivity contribution is 0.0789. The molecule has 106 valence electrons. The Kier molecular flexibility index (Phi) is 3.59. The van der Waals surface area contributed by atoms with Gasteiger partial charge in [-0.05, 0) is 42.1 Å². The van der Waals surface area contributed by atoms with Crippen molar-refractivity contribution in [1.29, 1.82) is 5.39 Å². The average Bonchev–Trinajstić information content (AvgIpc) is 3.17. The fourth-order valence-electron chi connectivity index (χ4n) is 2.41. The number of carbonyl (C=O) groups excluding carboxylic acids is 1. The third-order valence-corrected chi connectivity index (χ3v) is 3.76. The van der Waals surface area contributed by atoms with Crippen molar-refractivity contribution in [1.82, 2.24) is 14.9 Å². The number of benzene rings is 1. The van der Waals surface area contributed by atoms with E-state index in [1.807, 2.05) is 0 Å². The third kappa shape index (κ3) is 2.60. The van der Waals surface area contributed by atoms with E-state index in [1.165, 1.54) is 0 Å². The van der Waals surface area contributed by atoms with E-state index in [-0.39, 0.29) is 17.4 Å². The van der Waals surface area contributed by atoms with Gasteiger partial charge in [-0.2, -0.15) is 0 Å². The molecule has 0 bridgehead atoms. The van der Waals surface area contributed by atoms with Gasteiger partial charge in [0.15, 0.2) is 0 Å². The molecule has 1 aromatic heterocycles. The number of halogens is 1. The number of aromatic nitrogens is 2. The second kappa shape index (κ2) is 5.54. The van der Waals surface area contributed by atoms with E-state index >= 15 is 0 Å². The van der Waals surface area contributed by atoms with E-state index in [2.05, 4.69) is 14.9 Å². The minimum Gasteiger partial charge on any atom is -0.337 e. The van der Waals surface area contributed by atoms with Crippen LogP contribution in [-0.4, -0.2) is 33.9 Å². The molecule has 0 atom stereocenters. The molecule has 0 saturated carbocycles. The molecule has 0 radical (unpaired) electrons. The van der Waals surface area contributed by atoms with Gasteiger partial charge in [0.1, 0.15) is 0 Å². The Bertz CT molecular complexity index is 710. The largest absolute Gasteiger partial charge is 0.496 e. The molecular formula is C14H13ClN5O+. The number of rotatable bonds is 2. The summed E-state index contributed by atoms with van der Waals surface area (Å²) >= 11 is 5.85. The summed E-state index contributed by atoms with van der Waals surface area (Å²) < 4.78 is 0. The van der Waals surface area contributed by atoms with Gasteiger partial charge in [0, 0.05) is 28.7 Å². The van der Waals surface area contributed by atoms with Crippen molar-refractivity contribution in [2.45, 2.75) is 12.8 Å². The lowest BCUT2D eigenvalue weighted by Gasteiger charge is -2.12. The highest BCUT2D eigenvalue weighted by Gasteiger charge is 2.32. The highest BCUT2D eigenvalue weighted by molar-refractivity contribution is 6.30. The smallest absolute Gasteiger partial charge is 0.337 e. The van der Waals surface area contributed by atoms with E-state index in [9.17, 15) is 4.79 Å². The maximum atomic E-state index is 12.4. The first-order valence-corrected chi connectivity index (χ1v) is 7.07. The Labute approximate surface area is 126 Å². The molecule has 1 fully saturated rings. The molecule has 1 N–H and O–H groups in total. The molecule has 1 aliphatic heterocycles. The van der Waals surface area contributed by atoms with Crippen LogP contribution in [0.5, 0.6) is 0 Å². The Morgan fingerprint density at radius 2 is 1.95 bits per heavy atom. The van der Waals surface area contributed by atoms with Crippen molar-refractivity contribution in [3.05, 3.63) is 40.0 Å². The van der Waals surface area contributed by atoms with Crippen LogP contribution in [0, 0.1) is 5.39 Å². The van der Waals surface area contributed by atoms with Gasteiger partial charge in [-0.3, -0.25) is 4.79 Å². The lowest BCUT2D eigenvalue weighted by Crippen LogP contribution is -2.27. The van der Waals surface area contributed by atoms with Gasteiger partial charge in [-0.1, -0.05) is 11.6 Å². The first-order valence-electron chi connectivity index (χ1n) is 6.69. The van der Waals surface area contributed by atoms with Crippen molar-refractivity contribution in [3.63, 3.8) is 0 Å². The number of nitrogens with zero attached hydrogens (tertiary/aromatic N) is 4. The summed E-state index contributed by atoms with van der Waals surface area (Å²) in [5, 5.41) is 9.68. The number of hydrogen-bond donors (Lipinski definition) is 1. The number of amides is 1. The molecule has 2 aromatic rings. The summed E-state index contributed by atoms with van der Waals surface area (Å²) in [7, 11) is 0. The van der Waals surface area contributed by atoms with E-state index in [0.29, 0.717) is 10.8 Å². The molecule has 21 heavy (non-hydrogen) atoms. The number of diazo groups is 1. The summed E-state index contributed by atoms with van der Waals surface area (Å²) in [4.78, 5) is 24.3. The molecule has 0 aliphatic carbocycles. The molecule has 0 spiro atoms. The number of hydrogen-bond acceptors (Lipinski definition) is 3. The second-order valence-corrected chi connectivity index (χ2v) is 5.33. The normalized spacial score (nSPS) is 14.2. The predicted octanol–water partition coefficient (Wildman–Crippen LogP) is 3.45. The highest BCUT2D eigenvalue weighted by Crippen LogP contribution is 2.26. The molecule has 6 nitrogen and oxygen atoms in total. The Morgan fingerprint density at radius 3 is 2.57 bits per heavy atom. The number of imidazole rings is 1. The number of H-pyrrole nitrogens is 1. The van der Waals surface area contributed by atoms with Crippen LogP contribution >= 0.6 is 11.6 Å². The van der Waals surface area contributed by atoms with Crippen molar-refractivity contribution >= 4 is 23.3 Å². The maximum absolute atomic E-state index is 12.4. The fraction of sp³-hybridized carbons (Fsp3) is 0.286. The van der Waals surface area contributed by atoms with E-state index in [4.69, 9.17) is 17.0 Å². The van der Waals surface area contributed by atoms with Crippen LogP contribution in [0.4, 0.5) is 5.82 Å². The van der Waals surface area contributed by atoms with Crippen LogP contribution in [0.3, 0.4) is 0 Å². The minimum atomic E-state index is -0.187. The van der Waals surface area contributed by atoms with Crippen LogP contribution in [0.15, 0.2) is 24.3 Å². The number of carbonyl (C=O) groups is 1. The summed E-state index contributed by atoms with van der Waals surface area (Å²) in [5.41, 5.74) is 0.981. The molecule has 1 amide bonds. The van der Waals surface area contributed by atoms with Crippen LogP contribution in [0.1, 0.15) is 23.3 Å². The van der Waals surface area contributed by atoms with Crippen molar-refractivity contribution in [2.75, 3.05) is 13.1 Å². The SMILES string of the molecule is N#[N+]c1nc(-c2ccc(Cl)cc2)[nH]c1C(=O)N1CCCC1. The van der Waals surface area contributed by atoms with Crippen LogP contribution in [-0.2, 0) is 0 Å².